The smallest absolute Gasteiger partial charge is 0.475 e. The minimum absolute atomic E-state index is 0.00937. The normalized spacial score (nSPS) is 21.5. The largest absolute Gasteiger partial charge is 0.497 e. The average molecular weight is 1000 g/mol. The SMILES string of the molecule is COc1ccc(C(OC[C@H]2O[C@@H](n3ccc(N)nc3=O)C[C@@H]2OP(=O)(OCCC#N)OC[C@H]2O[C@@H](n3cc(C)c(=O)[nH]c3=O)C[C@@H]2O[Si](C)(C)C(C)(C)C)(c2ccccc2)c2ccc(OC)cc2)cc1. The van der Waals surface area contributed by atoms with Gasteiger partial charge in [-0.3, -0.25) is 32.5 Å². The van der Waals surface area contributed by atoms with Crippen molar-refractivity contribution in [3.8, 4) is 17.6 Å². The first-order valence-electron chi connectivity index (χ1n) is 22.9. The lowest BCUT2D eigenvalue weighted by atomic mass is 9.80. The van der Waals surface area contributed by atoms with Crippen molar-refractivity contribution >= 4 is 22.0 Å². The van der Waals surface area contributed by atoms with E-state index in [1.165, 1.54) is 27.6 Å². The van der Waals surface area contributed by atoms with Crippen LogP contribution in [0.1, 0.15) is 74.7 Å². The molecule has 3 N–H and O–H groups in total. The lowest BCUT2D eigenvalue weighted by Gasteiger charge is -2.39. The Bertz CT molecular complexity index is 2800. The summed E-state index contributed by atoms with van der Waals surface area (Å²) in [5.74, 6) is 1.26. The first kappa shape index (κ1) is 52.1. The number of phosphoric ester groups is 1. The summed E-state index contributed by atoms with van der Waals surface area (Å²) in [6, 6.07) is 28.0. The molecule has 0 aliphatic carbocycles. The molecule has 0 saturated carbocycles. The first-order valence-corrected chi connectivity index (χ1v) is 27.2. The number of H-pyrrole nitrogens is 1. The molecule has 3 aromatic carbocycles. The van der Waals surface area contributed by atoms with Crippen LogP contribution in [0, 0.1) is 18.3 Å². The molecule has 1 unspecified atom stereocenters. The van der Waals surface area contributed by atoms with Crippen molar-refractivity contribution in [2.75, 3.05) is 39.8 Å². The van der Waals surface area contributed by atoms with Crippen molar-refractivity contribution in [1.29, 1.82) is 5.26 Å². The molecular weight excluding hydrogens is 940 g/mol. The van der Waals surface area contributed by atoms with Gasteiger partial charge in [0.2, 0.25) is 0 Å². The van der Waals surface area contributed by atoms with Gasteiger partial charge in [0.15, 0.2) is 8.32 Å². The summed E-state index contributed by atoms with van der Waals surface area (Å²) in [7, 11) is -4.03. The topological polar surface area (TPSA) is 240 Å². The molecule has 5 aromatic rings. The highest BCUT2D eigenvalue weighted by atomic mass is 31.2. The molecule has 0 radical (unpaired) electrons. The van der Waals surface area contributed by atoms with Crippen LogP contribution in [-0.4, -0.2) is 85.9 Å². The number of nitrogens with one attached hydrogen (secondary N) is 1. The molecule has 7 atom stereocenters. The Kier molecular flexibility index (Phi) is 16.2. The number of rotatable bonds is 20. The molecular formula is C49H61N6O13PSi. The molecule has 4 heterocycles. The van der Waals surface area contributed by atoms with E-state index in [1.54, 1.807) is 21.1 Å². The number of ether oxygens (including phenoxy) is 5. The Morgan fingerprint density at radius 1 is 0.829 bits per heavy atom. The Hall–Kier alpha value is -5.72. The minimum Gasteiger partial charge on any atom is -0.497 e. The lowest BCUT2D eigenvalue weighted by Crippen LogP contribution is -2.46. The summed E-state index contributed by atoms with van der Waals surface area (Å²) in [4.78, 5) is 44.9. The number of hydrogen-bond donors (Lipinski definition) is 2. The minimum atomic E-state index is -4.69. The quantitative estimate of drug-likeness (QED) is 0.0342. The van der Waals surface area contributed by atoms with E-state index in [9.17, 15) is 19.6 Å². The van der Waals surface area contributed by atoms with Gasteiger partial charge in [-0.2, -0.15) is 10.2 Å². The van der Waals surface area contributed by atoms with E-state index in [0.29, 0.717) is 17.1 Å². The number of phosphoric acid groups is 1. The second-order valence-corrected chi connectivity index (χ2v) is 25.0. The van der Waals surface area contributed by atoms with Crippen LogP contribution in [0.2, 0.25) is 18.1 Å². The van der Waals surface area contributed by atoms with Crippen molar-refractivity contribution in [2.24, 2.45) is 0 Å². The van der Waals surface area contributed by atoms with E-state index in [0.717, 1.165) is 16.7 Å². The third-order valence-corrected chi connectivity index (χ3v) is 19.0. The highest BCUT2D eigenvalue weighted by Crippen LogP contribution is 2.54. The van der Waals surface area contributed by atoms with Gasteiger partial charge in [-0.25, -0.2) is 14.2 Å². The predicted octanol–water partition coefficient (Wildman–Crippen LogP) is 7.12. The number of aryl methyl sites for hydroxylation is 1. The molecule has 2 aliphatic heterocycles. The Balaban J connectivity index is 1.25. The number of aromatic nitrogens is 4. The summed E-state index contributed by atoms with van der Waals surface area (Å²) < 4.78 is 74.3. The fraction of sp³-hybridized carbons (Fsp3) is 0.449. The van der Waals surface area contributed by atoms with Gasteiger partial charge in [0, 0.05) is 30.8 Å². The number of nitrogens with zero attached hydrogens (tertiary/aromatic N) is 4. The molecule has 19 nitrogen and oxygen atoms in total. The fourth-order valence-electron chi connectivity index (χ4n) is 8.19. The molecule has 2 aliphatic rings. The zero-order valence-corrected chi connectivity index (χ0v) is 42.5. The van der Waals surface area contributed by atoms with Crippen LogP contribution < -0.4 is 32.1 Å². The number of benzene rings is 3. The van der Waals surface area contributed by atoms with E-state index in [1.807, 2.05) is 84.9 Å². The molecule has 0 bridgehead atoms. The highest BCUT2D eigenvalue weighted by molar-refractivity contribution is 7.48. The number of nitriles is 1. The molecule has 0 spiro atoms. The standard InChI is InChI=1S/C49H61N6O13PSi/c1-32-29-55(47(58)53-45(32)56)44-28-39(68-70(7,8)48(2,3)4)41(66-44)31-64-69(59,63-26-12-24-50)67-38-27-43(54-25-23-42(51)52-46(54)57)65-40(38)30-62-49(33-13-10-9-11-14-33,34-15-19-36(60-5)20-16-34)35-17-21-37(61-6)22-18-35/h9-11,13-23,25,29,38-41,43-44H,12,26-28,30-31H2,1-8H3,(H2,51,52,57)(H,53,56,58)/t38-,39-,40+,41+,43+,44+,69?/m0/s1. The van der Waals surface area contributed by atoms with Gasteiger partial charge in [-0.1, -0.05) is 75.4 Å². The monoisotopic (exact) mass is 1000 g/mol. The van der Waals surface area contributed by atoms with Crippen LogP contribution >= 0.6 is 7.82 Å². The molecule has 21 heteroatoms. The summed E-state index contributed by atoms with van der Waals surface area (Å²) >= 11 is 0. The van der Waals surface area contributed by atoms with E-state index in [4.69, 9.17) is 47.4 Å². The summed E-state index contributed by atoms with van der Waals surface area (Å²) in [5.41, 5.74) is 5.19. The van der Waals surface area contributed by atoms with Gasteiger partial charge in [0.25, 0.3) is 5.56 Å². The molecule has 2 fully saturated rings. The van der Waals surface area contributed by atoms with Crippen LogP contribution in [0.15, 0.2) is 112 Å². The maximum absolute atomic E-state index is 15.2. The van der Waals surface area contributed by atoms with Gasteiger partial charge >= 0.3 is 19.2 Å². The van der Waals surface area contributed by atoms with Crippen LogP contribution in [0.5, 0.6) is 11.5 Å². The molecule has 0 amide bonds. The van der Waals surface area contributed by atoms with Crippen LogP contribution in [-0.2, 0) is 42.4 Å². The van der Waals surface area contributed by atoms with Gasteiger partial charge < -0.3 is 33.8 Å². The number of hydrogen-bond acceptors (Lipinski definition) is 16. The number of nitrogen functional groups attached to an aromatic ring is 1. The van der Waals surface area contributed by atoms with E-state index < -0.39 is 82.2 Å². The van der Waals surface area contributed by atoms with Crippen molar-refractivity contribution in [1.82, 2.24) is 19.1 Å². The summed E-state index contributed by atoms with van der Waals surface area (Å²) in [5, 5.41) is 9.28. The van der Waals surface area contributed by atoms with Gasteiger partial charge in [0.1, 0.15) is 53.7 Å². The molecule has 7 rings (SSSR count). The molecule has 2 aromatic heterocycles. The maximum Gasteiger partial charge on any atom is 0.475 e. The van der Waals surface area contributed by atoms with Crippen molar-refractivity contribution in [3.05, 3.63) is 151 Å². The Labute approximate surface area is 407 Å². The number of aromatic amines is 1. The summed E-state index contributed by atoms with van der Waals surface area (Å²) in [6.07, 6.45) is -2.82. The number of methoxy groups -OCH3 is 2. The summed E-state index contributed by atoms with van der Waals surface area (Å²) in [6.45, 7) is 11.0. The van der Waals surface area contributed by atoms with Gasteiger partial charge in [-0.05, 0) is 72.1 Å². The maximum atomic E-state index is 15.2. The Morgan fingerprint density at radius 3 is 1.97 bits per heavy atom. The lowest BCUT2D eigenvalue weighted by molar-refractivity contribution is -0.0959. The Morgan fingerprint density at radius 2 is 1.40 bits per heavy atom. The van der Waals surface area contributed by atoms with E-state index in [2.05, 4.69) is 43.8 Å². The van der Waals surface area contributed by atoms with E-state index in [-0.39, 0.29) is 43.3 Å². The first-order chi connectivity index (χ1) is 33.3. The van der Waals surface area contributed by atoms with Crippen molar-refractivity contribution in [3.63, 3.8) is 0 Å². The zero-order valence-electron chi connectivity index (χ0n) is 40.6. The van der Waals surface area contributed by atoms with E-state index >= 15 is 4.57 Å². The van der Waals surface area contributed by atoms with Crippen LogP contribution in [0.4, 0.5) is 5.82 Å². The van der Waals surface area contributed by atoms with Gasteiger partial charge in [0.05, 0.1) is 52.6 Å². The molecule has 70 heavy (non-hydrogen) atoms. The second kappa shape index (κ2) is 21.7. The predicted molar refractivity (Wildman–Crippen MR) is 261 cm³/mol. The third-order valence-electron chi connectivity index (χ3n) is 13.0. The van der Waals surface area contributed by atoms with Crippen molar-refractivity contribution < 1.29 is 46.2 Å². The number of anilines is 1. The second-order valence-electron chi connectivity index (χ2n) is 18.6. The fourth-order valence-corrected chi connectivity index (χ4v) is 10.9. The van der Waals surface area contributed by atoms with Crippen LogP contribution in [0.25, 0.3) is 0 Å². The van der Waals surface area contributed by atoms with Crippen LogP contribution in [0.3, 0.4) is 0 Å². The van der Waals surface area contributed by atoms with Crippen molar-refractivity contribution in [2.45, 2.75) is 108 Å². The molecule has 2 saturated heterocycles. The average Bonchev–Trinajstić information content (AvgIpc) is 3.92. The van der Waals surface area contributed by atoms with Gasteiger partial charge in [-0.15, -0.1) is 0 Å². The highest BCUT2D eigenvalue weighted by Gasteiger charge is 2.49. The molecule has 374 valence electrons. The zero-order chi connectivity index (χ0) is 50.4. The number of nitrogens with two attached hydrogens (primary N) is 1. The third kappa shape index (κ3) is 11.6.